The summed E-state index contributed by atoms with van der Waals surface area (Å²) in [4.78, 5) is 24.1. The molecule has 0 aromatic carbocycles. The van der Waals surface area contributed by atoms with Crippen LogP contribution in [0.1, 0.15) is 58.8 Å². The summed E-state index contributed by atoms with van der Waals surface area (Å²) in [5.74, 6) is 1.08. The van der Waals surface area contributed by atoms with Gasteiger partial charge in [-0.3, -0.25) is 9.59 Å². The van der Waals surface area contributed by atoms with Gasteiger partial charge in [0.1, 0.15) is 12.2 Å². The molecule has 2 unspecified atom stereocenters. The van der Waals surface area contributed by atoms with Crippen LogP contribution in [0.25, 0.3) is 0 Å². The van der Waals surface area contributed by atoms with E-state index in [2.05, 4.69) is 32.1 Å². The molecule has 2 heterocycles. The van der Waals surface area contributed by atoms with E-state index in [1.54, 1.807) is 0 Å². The number of carbonyl (C=O) groups is 2. The molecule has 2 aliphatic carbocycles. The molecule has 8 atom stereocenters. The van der Waals surface area contributed by atoms with Gasteiger partial charge in [0.15, 0.2) is 0 Å². The Morgan fingerprint density at radius 2 is 2.00 bits per heavy atom. The van der Waals surface area contributed by atoms with E-state index in [1.165, 1.54) is 5.57 Å². The van der Waals surface area contributed by atoms with Crippen molar-refractivity contribution in [3.63, 3.8) is 0 Å². The maximum atomic E-state index is 12.5. The molecule has 0 aromatic heterocycles. The van der Waals surface area contributed by atoms with Gasteiger partial charge in [-0.1, -0.05) is 32.1 Å². The molecule has 2 saturated heterocycles. The molecule has 0 radical (unpaired) electrons. The van der Waals surface area contributed by atoms with E-state index in [0.29, 0.717) is 24.2 Å². The fraction of sp³-hybridized carbons (Fsp3) is 0.739. The third-order valence-corrected chi connectivity index (χ3v) is 7.31. The van der Waals surface area contributed by atoms with Crippen molar-refractivity contribution in [1.29, 1.82) is 0 Å². The average molecular weight is 389 g/mol. The highest BCUT2D eigenvalue weighted by molar-refractivity contribution is 5.73. The van der Waals surface area contributed by atoms with Gasteiger partial charge < -0.3 is 14.6 Å². The summed E-state index contributed by atoms with van der Waals surface area (Å²) in [6.07, 6.45) is 11.0. The van der Waals surface area contributed by atoms with Crippen molar-refractivity contribution in [2.24, 2.45) is 29.6 Å². The lowest BCUT2D eigenvalue weighted by Gasteiger charge is -2.48. The molecule has 0 spiro atoms. The second-order valence-electron chi connectivity index (χ2n) is 9.13. The number of hydrogen-bond donors (Lipinski definition) is 1. The Kier molecular flexibility index (Phi) is 5.64. The van der Waals surface area contributed by atoms with Gasteiger partial charge in [0.2, 0.25) is 0 Å². The van der Waals surface area contributed by atoms with Crippen LogP contribution in [-0.2, 0) is 19.1 Å². The maximum absolute atomic E-state index is 12.5. The predicted octanol–water partition coefficient (Wildman–Crippen LogP) is 3.56. The number of rotatable bonds is 4. The highest BCUT2D eigenvalue weighted by Crippen LogP contribution is 2.48. The standard InChI is InChI=1S/C23H32O5/c1-3-14-10-16-7-6-15-5-4-13(2)19(21(15)22(16)28-23(14)26)9-8-18-11-17(24)12-20(25)27-18/h4-6,13-14,16-19,21-22,24H,3,7-12H2,1-2H3/t13-,14+,16-,17+,18?,19?,21-,22-/m0/s1. The Bertz CT molecular complexity index is 680. The molecule has 1 N–H and O–H groups in total. The Balaban J connectivity index is 1.50. The summed E-state index contributed by atoms with van der Waals surface area (Å²) in [7, 11) is 0. The van der Waals surface area contributed by atoms with Gasteiger partial charge >= 0.3 is 11.9 Å². The molecule has 0 bridgehead atoms. The molecule has 4 aliphatic rings. The van der Waals surface area contributed by atoms with Gasteiger partial charge in [-0.05, 0) is 49.5 Å². The molecule has 4 rings (SSSR count). The van der Waals surface area contributed by atoms with Gasteiger partial charge in [0.05, 0.1) is 18.4 Å². The van der Waals surface area contributed by atoms with E-state index in [4.69, 9.17) is 9.47 Å². The summed E-state index contributed by atoms with van der Waals surface area (Å²) in [5, 5.41) is 9.88. The molecule has 154 valence electrons. The van der Waals surface area contributed by atoms with Crippen LogP contribution in [-0.4, -0.2) is 35.4 Å². The van der Waals surface area contributed by atoms with Gasteiger partial charge in [-0.2, -0.15) is 0 Å². The molecule has 2 aliphatic heterocycles. The molecular formula is C23H32O5. The number of cyclic esters (lactones) is 1. The quantitative estimate of drug-likeness (QED) is 0.746. The zero-order valence-corrected chi connectivity index (χ0v) is 16.9. The van der Waals surface area contributed by atoms with Crippen molar-refractivity contribution in [1.82, 2.24) is 0 Å². The van der Waals surface area contributed by atoms with E-state index < -0.39 is 6.10 Å². The van der Waals surface area contributed by atoms with Crippen molar-refractivity contribution in [3.05, 3.63) is 23.8 Å². The van der Waals surface area contributed by atoms with E-state index in [1.807, 2.05) is 0 Å². The van der Waals surface area contributed by atoms with Crippen LogP contribution < -0.4 is 0 Å². The molecule has 5 nitrogen and oxygen atoms in total. The molecule has 0 saturated carbocycles. The topological polar surface area (TPSA) is 72.8 Å². The third kappa shape index (κ3) is 3.78. The summed E-state index contributed by atoms with van der Waals surface area (Å²) in [6, 6.07) is 0. The molecule has 0 aromatic rings. The van der Waals surface area contributed by atoms with Crippen LogP contribution in [0.4, 0.5) is 0 Å². The number of ether oxygens (including phenoxy) is 2. The zero-order chi connectivity index (χ0) is 19.8. The van der Waals surface area contributed by atoms with Gasteiger partial charge in [-0.25, -0.2) is 0 Å². The van der Waals surface area contributed by atoms with E-state index >= 15 is 0 Å². The highest BCUT2D eigenvalue weighted by atomic mass is 16.6. The number of aliphatic hydroxyl groups is 1. The molecular weight excluding hydrogens is 356 g/mol. The van der Waals surface area contributed by atoms with Gasteiger partial charge in [0, 0.05) is 18.3 Å². The molecule has 0 amide bonds. The Morgan fingerprint density at radius 1 is 1.18 bits per heavy atom. The highest BCUT2D eigenvalue weighted by Gasteiger charge is 2.48. The summed E-state index contributed by atoms with van der Waals surface area (Å²) in [5.41, 5.74) is 1.30. The normalized spacial score (nSPS) is 42.8. The lowest BCUT2D eigenvalue weighted by Crippen LogP contribution is -2.48. The van der Waals surface area contributed by atoms with E-state index in [9.17, 15) is 14.7 Å². The first-order valence-electron chi connectivity index (χ1n) is 10.9. The fourth-order valence-electron chi connectivity index (χ4n) is 5.73. The first kappa shape index (κ1) is 19.7. The maximum Gasteiger partial charge on any atom is 0.309 e. The second kappa shape index (κ2) is 8.02. The van der Waals surface area contributed by atoms with Crippen molar-refractivity contribution in [2.45, 2.75) is 77.1 Å². The predicted molar refractivity (Wildman–Crippen MR) is 104 cm³/mol. The zero-order valence-electron chi connectivity index (χ0n) is 16.9. The largest absolute Gasteiger partial charge is 0.462 e. The van der Waals surface area contributed by atoms with Crippen LogP contribution in [0.15, 0.2) is 23.8 Å². The minimum Gasteiger partial charge on any atom is -0.462 e. The lowest BCUT2D eigenvalue weighted by molar-refractivity contribution is -0.173. The van der Waals surface area contributed by atoms with Crippen LogP contribution in [0.5, 0.6) is 0 Å². The van der Waals surface area contributed by atoms with Crippen LogP contribution >= 0.6 is 0 Å². The number of aliphatic hydroxyl groups excluding tert-OH is 1. The summed E-state index contributed by atoms with van der Waals surface area (Å²) in [6.45, 7) is 4.28. The van der Waals surface area contributed by atoms with Crippen molar-refractivity contribution < 1.29 is 24.2 Å². The Labute approximate surface area is 167 Å². The van der Waals surface area contributed by atoms with Crippen molar-refractivity contribution in [3.8, 4) is 0 Å². The fourth-order valence-corrected chi connectivity index (χ4v) is 5.73. The van der Waals surface area contributed by atoms with E-state index in [0.717, 1.165) is 32.1 Å². The van der Waals surface area contributed by atoms with Crippen LogP contribution in [0.3, 0.4) is 0 Å². The van der Waals surface area contributed by atoms with Gasteiger partial charge in [-0.15, -0.1) is 0 Å². The van der Waals surface area contributed by atoms with Crippen molar-refractivity contribution in [2.75, 3.05) is 0 Å². The summed E-state index contributed by atoms with van der Waals surface area (Å²) < 4.78 is 11.5. The second-order valence-corrected chi connectivity index (χ2v) is 9.13. The SMILES string of the molecule is CC[C@@H]1C[C@@H]2CC=C3C=C[C@H](C)C(CCC4C[C@@H](O)CC(=O)O4)[C@H]3[C@H]2OC1=O. The monoisotopic (exact) mass is 388 g/mol. The number of fused-ring (bicyclic) bond motifs is 3. The van der Waals surface area contributed by atoms with Crippen molar-refractivity contribution >= 4 is 11.9 Å². The van der Waals surface area contributed by atoms with E-state index in [-0.39, 0.29) is 42.4 Å². The Hall–Kier alpha value is -1.62. The first-order chi connectivity index (χ1) is 13.5. The summed E-state index contributed by atoms with van der Waals surface area (Å²) >= 11 is 0. The molecule has 28 heavy (non-hydrogen) atoms. The minimum atomic E-state index is -0.588. The molecule has 2 fully saturated rings. The van der Waals surface area contributed by atoms with Crippen LogP contribution in [0.2, 0.25) is 0 Å². The van der Waals surface area contributed by atoms with Gasteiger partial charge in [0.25, 0.3) is 0 Å². The Morgan fingerprint density at radius 3 is 2.75 bits per heavy atom. The smallest absolute Gasteiger partial charge is 0.309 e. The molecule has 5 heteroatoms. The third-order valence-electron chi connectivity index (χ3n) is 7.31. The number of carbonyl (C=O) groups excluding carboxylic acids is 2. The average Bonchev–Trinajstić information content (AvgIpc) is 2.65. The van der Waals surface area contributed by atoms with Crippen LogP contribution in [0, 0.1) is 29.6 Å². The first-order valence-corrected chi connectivity index (χ1v) is 10.9. The number of hydrogen-bond acceptors (Lipinski definition) is 5. The lowest BCUT2D eigenvalue weighted by atomic mass is 9.62. The minimum absolute atomic E-state index is 0.0321. The number of esters is 2. The number of allylic oxidation sites excluding steroid dienone is 3.